The molecule has 2 heterocycles. The lowest BCUT2D eigenvalue weighted by molar-refractivity contribution is -0.137. The van der Waals surface area contributed by atoms with E-state index in [1.807, 2.05) is 60.1 Å². The Kier molecular flexibility index (Phi) is 2.80. The maximum absolute atomic E-state index is 6.02. The molecule has 0 aliphatic carbocycles. The first kappa shape index (κ1) is 12.6. The van der Waals surface area contributed by atoms with Gasteiger partial charge in [0.05, 0.1) is 24.2 Å². The lowest BCUT2D eigenvalue weighted by Crippen LogP contribution is -2.32. The van der Waals surface area contributed by atoms with Crippen LogP contribution in [0.15, 0.2) is 54.6 Å². The van der Waals surface area contributed by atoms with Crippen LogP contribution in [0.25, 0.3) is 11.0 Å². The van der Waals surface area contributed by atoms with Gasteiger partial charge < -0.3 is 14.0 Å². The van der Waals surface area contributed by atoms with Gasteiger partial charge in [-0.15, -0.1) is 0 Å². The molecule has 0 unspecified atom stereocenters. The molecule has 4 heteroatoms. The fourth-order valence-corrected chi connectivity index (χ4v) is 2.93. The number of hydrogen-bond acceptors (Lipinski definition) is 3. The Hall–Kier alpha value is -2.17. The maximum Gasteiger partial charge on any atom is 0.256 e. The molecule has 1 aromatic heterocycles. The Bertz CT molecular complexity index is 774. The van der Waals surface area contributed by atoms with Gasteiger partial charge in [0.15, 0.2) is 5.82 Å². The number of hydrogen-bond donors (Lipinski definition) is 0. The summed E-state index contributed by atoms with van der Waals surface area (Å²) in [4.78, 5) is 4.76. The molecule has 106 valence electrons. The molecule has 1 fully saturated rings. The van der Waals surface area contributed by atoms with E-state index in [4.69, 9.17) is 14.5 Å². The first-order valence-corrected chi connectivity index (χ1v) is 7.07. The van der Waals surface area contributed by atoms with Crippen LogP contribution in [0.4, 0.5) is 0 Å². The van der Waals surface area contributed by atoms with E-state index in [0.29, 0.717) is 13.2 Å². The Balaban J connectivity index is 1.97. The summed E-state index contributed by atoms with van der Waals surface area (Å²) in [5.41, 5.74) is 2.99. The van der Waals surface area contributed by atoms with E-state index in [2.05, 4.69) is 6.07 Å². The van der Waals surface area contributed by atoms with E-state index >= 15 is 0 Å². The molecule has 2 aromatic carbocycles. The second-order valence-electron chi connectivity index (χ2n) is 5.16. The van der Waals surface area contributed by atoms with Crippen molar-refractivity contribution in [1.29, 1.82) is 0 Å². The van der Waals surface area contributed by atoms with E-state index in [0.717, 1.165) is 22.4 Å². The summed E-state index contributed by atoms with van der Waals surface area (Å²) >= 11 is 0. The monoisotopic (exact) mass is 280 g/mol. The van der Waals surface area contributed by atoms with Crippen LogP contribution in [-0.4, -0.2) is 22.8 Å². The van der Waals surface area contributed by atoms with Crippen LogP contribution in [0.1, 0.15) is 11.4 Å². The summed E-state index contributed by atoms with van der Waals surface area (Å²) in [5.74, 6) is -0.123. The third-order valence-corrected chi connectivity index (χ3v) is 3.93. The van der Waals surface area contributed by atoms with Gasteiger partial charge in [-0.05, 0) is 12.1 Å². The van der Waals surface area contributed by atoms with Crippen molar-refractivity contribution in [1.82, 2.24) is 9.55 Å². The molecule has 0 spiro atoms. The molecule has 0 saturated carbocycles. The molecular weight excluding hydrogens is 264 g/mol. The number of para-hydroxylation sites is 2. The number of fused-ring (bicyclic) bond motifs is 1. The van der Waals surface area contributed by atoms with Crippen LogP contribution in [0, 0.1) is 0 Å². The molecule has 1 aliphatic rings. The third-order valence-electron chi connectivity index (χ3n) is 3.93. The SMILES string of the molecule is Cn1c(C2(c3ccccc3)OCCO2)nc2ccccc21. The average Bonchev–Trinajstić information content (AvgIpc) is 3.15. The Labute approximate surface area is 122 Å². The minimum Gasteiger partial charge on any atom is -0.337 e. The first-order chi connectivity index (χ1) is 10.3. The molecule has 0 radical (unpaired) electrons. The molecule has 21 heavy (non-hydrogen) atoms. The predicted molar refractivity (Wildman–Crippen MR) is 79.8 cm³/mol. The van der Waals surface area contributed by atoms with Crippen molar-refractivity contribution in [2.24, 2.45) is 7.05 Å². The van der Waals surface area contributed by atoms with Crippen molar-refractivity contribution in [3.8, 4) is 0 Å². The highest BCUT2D eigenvalue weighted by Gasteiger charge is 2.44. The number of aromatic nitrogens is 2. The summed E-state index contributed by atoms with van der Waals surface area (Å²) in [6.45, 7) is 1.14. The van der Waals surface area contributed by atoms with Crippen molar-refractivity contribution >= 4 is 11.0 Å². The highest BCUT2D eigenvalue weighted by molar-refractivity contribution is 5.76. The standard InChI is InChI=1S/C17H16N2O2/c1-19-15-10-6-5-9-14(15)18-16(19)17(20-11-12-21-17)13-7-3-2-4-8-13/h2-10H,11-12H2,1H3. The highest BCUT2D eigenvalue weighted by Crippen LogP contribution is 2.38. The number of ether oxygens (including phenoxy) is 2. The minimum absolute atomic E-state index is 0.568. The topological polar surface area (TPSA) is 36.3 Å². The summed E-state index contributed by atoms with van der Waals surface area (Å²) < 4.78 is 14.1. The first-order valence-electron chi connectivity index (χ1n) is 7.07. The van der Waals surface area contributed by atoms with Crippen LogP contribution in [0.5, 0.6) is 0 Å². The second kappa shape index (κ2) is 4.69. The molecule has 4 rings (SSSR count). The van der Waals surface area contributed by atoms with Gasteiger partial charge in [-0.25, -0.2) is 4.98 Å². The minimum atomic E-state index is -0.908. The Morgan fingerprint density at radius 1 is 0.952 bits per heavy atom. The van der Waals surface area contributed by atoms with Crippen molar-refractivity contribution in [3.63, 3.8) is 0 Å². The van der Waals surface area contributed by atoms with Crippen LogP contribution in [0.2, 0.25) is 0 Å². The largest absolute Gasteiger partial charge is 0.337 e. The van der Waals surface area contributed by atoms with Crippen LogP contribution in [0.3, 0.4) is 0 Å². The number of aryl methyl sites for hydroxylation is 1. The number of nitrogens with zero attached hydrogens (tertiary/aromatic N) is 2. The molecule has 0 N–H and O–H groups in total. The lowest BCUT2D eigenvalue weighted by atomic mass is 10.1. The normalized spacial score (nSPS) is 17.4. The van der Waals surface area contributed by atoms with Gasteiger partial charge in [0, 0.05) is 12.6 Å². The van der Waals surface area contributed by atoms with Crippen molar-refractivity contribution in [2.45, 2.75) is 5.79 Å². The zero-order valence-corrected chi connectivity index (χ0v) is 11.8. The fraction of sp³-hybridized carbons (Fsp3) is 0.235. The highest BCUT2D eigenvalue weighted by atomic mass is 16.7. The molecule has 1 aliphatic heterocycles. The molecule has 0 amide bonds. The summed E-state index contributed by atoms with van der Waals surface area (Å²) in [6, 6.07) is 18.1. The molecule has 0 atom stereocenters. The number of rotatable bonds is 2. The van der Waals surface area contributed by atoms with Crippen molar-refractivity contribution < 1.29 is 9.47 Å². The molecule has 1 saturated heterocycles. The summed E-state index contributed by atoms with van der Waals surface area (Å²) in [7, 11) is 2.00. The van der Waals surface area contributed by atoms with Gasteiger partial charge in [0.2, 0.25) is 0 Å². The Morgan fingerprint density at radius 2 is 1.62 bits per heavy atom. The second-order valence-corrected chi connectivity index (χ2v) is 5.16. The summed E-state index contributed by atoms with van der Waals surface area (Å²) in [6.07, 6.45) is 0. The van der Waals surface area contributed by atoms with E-state index in [1.165, 1.54) is 0 Å². The number of imidazole rings is 1. The smallest absolute Gasteiger partial charge is 0.256 e. The quantitative estimate of drug-likeness (QED) is 0.724. The van der Waals surface area contributed by atoms with Gasteiger partial charge in [-0.3, -0.25) is 0 Å². The molecule has 3 aromatic rings. The van der Waals surface area contributed by atoms with Crippen LogP contribution in [-0.2, 0) is 22.3 Å². The third kappa shape index (κ3) is 1.80. The maximum atomic E-state index is 6.02. The van der Waals surface area contributed by atoms with Crippen molar-refractivity contribution in [3.05, 3.63) is 66.0 Å². The van der Waals surface area contributed by atoms with Gasteiger partial charge >= 0.3 is 0 Å². The fourth-order valence-electron chi connectivity index (χ4n) is 2.93. The van der Waals surface area contributed by atoms with Gasteiger partial charge in [0.1, 0.15) is 0 Å². The van der Waals surface area contributed by atoms with Gasteiger partial charge in [-0.1, -0.05) is 42.5 Å². The number of benzene rings is 2. The van der Waals surface area contributed by atoms with E-state index in [1.54, 1.807) is 0 Å². The Morgan fingerprint density at radius 3 is 2.33 bits per heavy atom. The van der Waals surface area contributed by atoms with Gasteiger partial charge in [0.25, 0.3) is 5.79 Å². The lowest BCUT2D eigenvalue weighted by Gasteiger charge is -2.27. The molecule has 0 bridgehead atoms. The molecule has 4 nitrogen and oxygen atoms in total. The van der Waals surface area contributed by atoms with E-state index in [-0.39, 0.29) is 0 Å². The van der Waals surface area contributed by atoms with Crippen LogP contribution >= 0.6 is 0 Å². The predicted octanol–water partition coefficient (Wildman–Crippen LogP) is 2.82. The van der Waals surface area contributed by atoms with E-state index < -0.39 is 5.79 Å². The van der Waals surface area contributed by atoms with Crippen molar-refractivity contribution in [2.75, 3.05) is 13.2 Å². The molecular formula is C17H16N2O2. The van der Waals surface area contributed by atoms with Crippen LogP contribution < -0.4 is 0 Å². The summed E-state index contributed by atoms with van der Waals surface area (Å²) in [5, 5.41) is 0. The average molecular weight is 280 g/mol. The zero-order valence-electron chi connectivity index (χ0n) is 11.8. The van der Waals surface area contributed by atoms with E-state index in [9.17, 15) is 0 Å². The zero-order chi connectivity index (χ0) is 14.3. The van der Waals surface area contributed by atoms with Gasteiger partial charge in [-0.2, -0.15) is 0 Å².